The van der Waals surface area contributed by atoms with E-state index in [4.69, 9.17) is 4.74 Å². The molecule has 0 fully saturated rings. The van der Waals surface area contributed by atoms with Gasteiger partial charge in [0.05, 0.1) is 25.5 Å². The van der Waals surface area contributed by atoms with Gasteiger partial charge in [-0.1, -0.05) is 0 Å². The molecule has 0 atom stereocenters. The SMILES string of the molecule is COCc1ccc(Cn2nccn2)s1. The number of ether oxygens (including phenoxy) is 1. The van der Waals surface area contributed by atoms with Gasteiger partial charge >= 0.3 is 0 Å². The van der Waals surface area contributed by atoms with E-state index in [2.05, 4.69) is 22.3 Å². The molecule has 0 aliphatic rings. The lowest BCUT2D eigenvalue weighted by Gasteiger charge is -1.95. The summed E-state index contributed by atoms with van der Waals surface area (Å²) in [5, 5.41) is 8.10. The van der Waals surface area contributed by atoms with Gasteiger partial charge in [0.2, 0.25) is 0 Å². The van der Waals surface area contributed by atoms with Crippen molar-refractivity contribution in [2.75, 3.05) is 7.11 Å². The molecular weight excluding hydrogens is 198 g/mol. The van der Waals surface area contributed by atoms with Crippen molar-refractivity contribution in [2.24, 2.45) is 0 Å². The maximum absolute atomic E-state index is 5.05. The van der Waals surface area contributed by atoms with Crippen LogP contribution < -0.4 is 0 Å². The Morgan fingerprint density at radius 3 is 2.71 bits per heavy atom. The minimum atomic E-state index is 0.678. The molecule has 0 aliphatic heterocycles. The van der Waals surface area contributed by atoms with Gasteiger partial charge in [-0.2, -0.15) is 15.0 Å². The van der Waals surface area contributed by atoms with Crippen LogP contribution in [0, 0.1) is 0 Å². The van der Waals surface area contributed by atoms with Gasteiger partial charge in [0.1, 0.15) is 0 Å². The number of hydrogen-bond donors (Lipinski definition) is 0. The van der Waals surface area contributed by atoms with Crippen molar-refractivity contribution in [3.8, 4) is 0 Å². The first-order valence-electron chi connectivity index (χ1n) is 4.29. The highest BCUT2D eigenvalue weighted by Gasteiger charge is 2.01. The summed E-state index contributed by atoms with van der Waals surface area (Å²) < 4.78 is 5.05. The van der Waals surface area contributed by atoms with Crippen LogP contribution in [-0.2, 0) is 17.9 Å². The van der Waals surface area contributed by atoms with Gasteiger partial charge < -0.3 is 4.74 Å². The largest absolute Gasteiger partial charge is 0.379 e. The van der Waals surface area contributed by atoms with Gasteiger partial charge in [0.15, 0.2) is 0 Å². The predicted molar refractivity (Wildman–Crippen MR) is 54.2 cm³/mol. The molecule has 0 saturated carbocycles. The van der Waals surface area contributed by atoms with Crippen LogP contribution in [0.1, 0.15) is 9.75 Å². The Morgan fingerprint density at radius 1 is 1.29 bits per heavy atom. The van der Waals surface area contributed by atoms with Crippen LogP contribution in [0.5, 0.6) is 0 Å². The third kappa shape index (κ3) is 2.18. The average Bonchev–Trinajstić information content (AvgIpc) is 2.79. The Kier molecular flexibility index (Phi) is 2.90. The molecule has 74 valence electrons. The summed E-state index contributed by atoms with van der Waals surface area (Å²) in [5.74, 6) is 0. The van der Waals surface area contributed by atoms with Gasteiger partial charge in [-0.25, -0.2) is 0 Å². The third-order valence-electron chi connectivity index (χ3n) is 1.77. The highest BCUT2D eigenvalue weighted by molar-refractivity contribution is 7.11. The van der Waals surface area contributed by atoms with Gasteiger partial charge in [-0.3, -0.25) is 0 Å². The number of aromatic nitrogens is 3. The standard InChI is InChI=1S/C9H11N3OS/c1-13-7-9-3-2-8(14-9)6-12-10-4-5-11-12/h2-5H,6-7H2,1H3. The Morgan fingerprint density at radius 2 is 2.00 bits per heavy atom. The Labute approximate surface area is 86.1 Å². The van der Waals surface area contributed by atoms with Crippen LogP contribution in [0.25, 0.3) is 0 Å². The minimum absolute atomic E-state index is 0.678. The molecule has 4 nitrogen and oxygen atoms in total. The van der Waals surface area contributed by atoms with Crippen LogP contribution in [0.3, 0.4) is 0 Å². The Balaban J connectivity index is 2.03. The molecule has 2 aromatic rings. The summed E-state index contributed by atoms with van der Waals surface area (Å²) in [6.45, 7) is 1.42. The molecule has 0 amide bonds. The van der Waals surface area contributed by atoms with Crippen LogP contribution in [0.4, 0.5) is 0 Å². The van der Waals surface area contributed by atoms with Crippen molar-refractivity contribution in [2.45, 2.75) is 13.2 Å². The molecule has 0 radical (unpaired) electrons. The lowest BCUT2D eigenvalue weighted by atomic mass is 10.4. The van der Waals surface area contributed by atoms with Crippen molar-refractivity contribution >= 4 is 11.3 Å². The molecule has 0 saturated heterocycles. The van der Waals surface area contributed by atoms with Crippen LogP contribution >= 0.6 is 11.3 Å². The summed E-state index contributed by atoms with van der Waals surface area (Å²) in [4.78, 5) is 4.14. The highest BCUT2D eigenvalue weighted by atomic mass is 32.1. The average molecular weight is 209 g/mol. The maximum atomic E-state index is 5.05. The topological polar surface area (TPSA) is 39.9 Å². The van der Waals surface area contributed by atoms with Crippen molar-refractivity contribution in [1.82, 2.24) is 15.0 Å². The molecule has 2 aromatic heterocycles. The number of thiophene rings is 1. The molecule has 0 spiro atoms. The second-order valence-electron chi connectivity index (χ2n) is 2.86. The van der Waals surface area contributed by atoms with Gasteiger partial charge in [0.25, 0.3) is 0 Å². The zero-order valence-electron chi connectivity index (χ0n) is 7.88. The number of nitrogens with zero attached hydrogens (tertiary/aromatic N) is 3. The fraction of sp³-hybridized carbons (Fsp3) is 0.333. The molecule has 0 bridgehead atoms. The second-order valence-corrected chi connectivity index (χ2v) is 4.11. The summed E-state index contributed by atoms with van der Waals surface area (Å²) >= 11 is 1.73. The van der Waals surface area contributed by atoms with Crippen LogP contribution in [0.15, 0.2) is 24.5 Å². The zero-order valence-corrected chi connectivity index (χ0v) is 8.70. The molecule has 0 aliphatic carbocycles. The monoisotopic (exact) mass is 209 g/mol. The van der Waals surface area contributed by atoms with Gasteiger partial charge in [-0.05, 0) is 12.1 Å². The first-order chi connectivity index (χ1) is 6.88. The smallest absolute Gasteiger partial charge is 0.0949 e. The first-order valence-corrected chi connectivity index (χ1v) is 5.11. The molecule has 2 heterocycles. The van der Waals surface area contributed by atoms with Crippen molar-refractivity contribution in [3.05, 3.63) is 34.3 Å². The normalized spacial score (nSPS) is 10.6. The number of hydrogen-bond acceptors (Lipinski definition) is 4. The fourth-order valence-electron chi connectivity index (χ4n) is 1.19. The summed E-state index contributed by atoms with van der Waals surface area (Å²) in [5.41, 5.74) is 0. The maximum Gasteiger partial charge on any atom is 0.0949 e. The first kappa shape index (κ1) is 9.36. The van der Waals surface area contributed by atoms with Gasteiger partial charge in [-0.15, -0.1) is 11.3 Å². The number of rotatable bonds is 4. The highest BCUT2D eigenvalue weighted by Crippen LogP contribution is 2.17. The summed E-state index contributed by atoms with van der Waals surface area (Å²) in [7, 11) is 1.70. The summed E-state index contributed by atoms with van der Waals surface area (Å²) in [6, 6.07) is 4.16. The van der Waals surface area contributed by atoms with E-state index in [0.29, 0.717) is 6.61 Å². The lowest BCUT2D eigenvalue weighted by Crippen LogP contribution is -2.01. The second kappa shape index (κ2) is 4.34. The van der Waals surface area contributed by atoms with E-state index >= 15 is 0 Å². The lowest BCUT2D eigenvalue weighted by molar-refractivity contribution is 0.187. The fourth-order valence-corrected chi connectivity index (χ4v) is 2.16. The van der Waals surface area contributed by atoms with E-state index in [-0.39, 0.29) is 0 Å². The van der Waals surface area contributed by atoms with E-state index in [9.17, 15) is 0 Å². The minimum Gasteiger partial charge on any atom is -0.379 e. The van der Waals surface area contributed by atoms with E-state index in [1.54, 1.807) is 35.6 Å². The van der Waals surface area contributed by atoms with Crippen LogP contribution in [-0.4, -0.2) is 22.1 Å². The molecule has 5 heteroatoms. The molecule has 2 rings (SSSR count). The zero-order chi connectivity index (χ0) is 9.80. The summed E-state index contributed by atoms with van der Waals surface area (Å²) in [6.07, 6.45) is 3.37. The third-order valence-corrected chi connectivity index (χ3v) is 2.81. The predicted octanol–water partition coefficient (Wildman–Crippen LogP) is 1.53. The van der Waals surface area contributed by atoms with Crippen molar-refractivity contribution in [3.63, 3.8) is 0 Å². The molecule has 0 aromatic carbocycles. The Bertz CT molecular complexity index is 382. The van der Waals surface area contributed by atoms with E-state index in [1.807, 2.05) is 0 Å². The molecule has 0 N–H and O–H groups in total. The Hall–Kier alpha value is -1.20. The molecular formula is C9H11N3OS. The van der Waals surface area contributed by atoms with E-state index < -0.39 is 0 Å². The number of methoxy groups -OCH3 is 1. The van der Waals surface area contributed by atoms with Gasteiger partial charge in [0, 0.05) is 16.9 Å². The molecule has 14 heavy (non-hydrogen) atoms. The van der Waals surface area contributed by atoms with E-state index in [0.717, 1.165) is 6.54 Å². The molecule has 0 unspecified atom stereocenters. The quantitative estimate of drug-likeness (QED) is 0.766. The van der Waals surface area contributed by atoms with Crippen molar-refractivity contribution in [1.29, 1.82) is 0 Å². The van der Waals surface area contributed by atoms with Crippen molar-refractivity contribution < 1.29 is 4.74 Å². The van der Waals surface area contributed by atoms with E-state index in [1.165, 1.54) is 9.75 Å². The van der Waals surface area contributed by atoms with Crippen LogP contribution in [0.2, 0.25) is 0 Å².